The standard InChI is InChI=1S/C18H28N4O5/c1-18(2,3)27-17(24)22-10-8-15(9-11-22)26-12-13-4-6-14(7-5-13)19-16(23)20-21-25/h4-7,15,21,25H,8-12H2,1-3H3,(H2,19,20,23). The van der Waals surface area contributed by atoms with E-state index < -0.39 is 11.6 Å². The lowest BCUT2D eigenvalue weighted by atomic mass is 10.1. The van der Waals surface area contributed by atoms with Crippen LogP contribution in [0.15, 0.2) is 24.3 Å². The van der Waals surface area contributed by atoms with Gasteiger partial charge >= 0.3 is 12.1 Å². The van der Waals surface area contributed by atoms with Crippen molar-refractivity contribution >= 4 is 17.8 Å². The fourth-order valence-electron chi connectivity index (χ4n) is 2.64. The van der Waals surface area contributed by atoms with Crippen molar-refractivity contribution in [2.75, 3.05) is 18.4 Å². The van der Waals surface area contributed by atoms with E-state index in [0.29, 0.717) is 25.4 Å². The first-order chi connectivity index (χ1) is 12.8. The summed E-state index contributed by atoms with van der Waals surface area (Å²) in [6.45, 7) is 7.28. The van der Waals surface area contributed by atoms with Crippen molar-refractivity contribution in [2.24, 2.45) is 0 Å². The van der Waals surface area contributed by atoms with Gasteiger partial charge in [-0.15, -0.1) is 5.59 Å². The molecule has 3 amide bonds. The van der Waals surface area contributed by atoms with Crippen molar-refractivity contribution in [3.05, 3.63) is 29.8 Å². The van der Waals surface area contributed by atoms with Gasteiger partial charge in [-0.05, 0) is 51.3 Å². The Morgan fingerprint density at radius 3 is 2.37 bits per heavy atom. The molecule has 1 aromatic rings. The Morgan fingerprint density at radius 1 is 1.19 bits per heavy atom. The molecule has 0 bridgehead atoms. The minimum absolute atomic E-state index is 0.0999. The van der Waals surface area contributed by atoms with Gasteiger partial charge in [0.2, 0.25) is 0 Å². The van der Waals surface area contributed by atoms with E-state index in [1.165, 1.54) is 0 Å². The van der Waals surface area contributed by atoms with Crippen molar-refractivity contribution in [1.29, 1.82) is 0 Å². The quantitative estimate of drug-likeness (QED) is 0.584. The number of ether oxygens (including phenoxy) is 2. The number of hydrogen-bond acceptors (Lipinski definition) is 6. The molecule has 0 atom stereocenters. The van der Waals surface area contributed by atoms with Gasteiger partial charge in [0.15, 0.2) is 0 Å². The van der Waals surface area contributed by atoms with Gasteiger partial charge in [0.25, 0.3) is 0 Å². The number of nitrogens with zero attached hydrogens (tertiary/aromatic N) is 1. The third-order valence-corrected chi connectivity index (χ3v) is 3.96. The molecule has 0 saturated carbocycles. The van der Waals surface area contributed by atoms with E-state index in [9.17, 15) is 9.59 Å². The lowest BCUT2D eigenvalue weighted by Gasteiger charge is -2.33. The second kappa shape index (κ2) is 9.54. The number of carbonyl (C=O) groups excluding carboxylic acids is 2. The maximum Gasteiger partial charge on any atom is 0.410 e. The highest BCUT2D eigenvalue weighted by atomic mass is 16.6. The molecule has 27 heavy (non-hydrogen) atoms. The molecule has 1 heterocycles. The molecule has 9 heteroatoms. The molecular formula is C18H28N4O5. The lowest BCUT2D eigenvalue weighted by Crippen LogP contribution is -2.43. The number of nitrogens with one attached hydrogen (secondary N) is 3. The Kier molecular flexibility index (Phi) is 7.40. The number of carbonyl (C=O) groups is 2. The van der Waals surface area contributed by atoms with E-state index >= 15 is 0 Å². The Balaban J connectivity index is 1.72. The molecule has 0 unspecified atom stereocenters. The molecular weight excluding hydrogens is 352 g/mol. The number of piperidine rings is 1. The number of hydrazine groups is 1. The zero-order valence-corrected chi connectivity index (χ0v) is 15.9. The van der Waals surface area contributed by atoms with Crippen LogP contribution in [0.1, 0.15) is 39.2 Å². The van der Waals surface area contributed by atoms with Crippen LogP contribution in [0.25, 0.3) is 0 Å². The van der Waals surface area contributed by atoms with Crippen molar-refractivity contribution < 1.29 is 24.3 Å². The van der Waals surface area contributed by atoms with E-state index in [4.69, 9.17) is 14.7 Å². The number of anilines is 1. The second-order valence-corrected chi connectivity index (χ2v) is 7.37. The van der Waals surface area contributed by atoms with E-state index in [1.54, 1.807) is 22.6 Å². The van der Waals surface area contributed by atoms with Crippen molar-refractivity contribution in [2.45, 2.75) is 51.9 Å². The van der Waals surface area contributed by atoms with Crippen molar-refractivity contribution in [1.82, 2.24) is 15.9 Å². The number of amides is 3. The fraction of sp³-hybridized carbons (Fsp3) is 0.556. The SMILES string of the molecule is CC(C)(C)OC(=O)N1CCC(OCc2ccc(NC(=O)NNO)cc2)CC1. The summed E-state index contributed by atoms with van der Waals surface area (Å²) in [5, 5.41) is 10.9. The first-order valence-electron chi connectivity index (χ1n) is 8.91. The molecule has 0 radical (unpaired) electrons. The maximum absolute atomic E-state index is 12.1. The first-order valence-corrected chi connectivity index (χ1v) is 8.91. The Morgan fingerprint density at radius 2 is 1.81 bits per heavy atom. The summed E-state index contributed by atoms with van der Waals surface area (Å²) in [4.78, 5) is 25.1. The van der Waals surface area contributed by atoms with Crippen LogP contribution in [-0.4, -0.2) is 47.0 Å². The van der Waals surface area contributed by atoms with Gasteiger partial charge in [-0.1, -0.05) is 12.1 Å². The summed E-state index contributed by atoms with van der Waals surface area (Å²) in [5.74, 6) is 0. The molecule has 2 rings (SSSR count). The molecule has 1 aromatic carbocycles. The van der Waals surface area contributed by atoms with Gasteiger partial charge in [-0.2, -0.15) is 0 Å². The van der Waals surface area contributed by atoms with Crippen molar-refractivity contribution in [3.63, 3.8) is 0 Å². The Labute approximate surface area is 158 Å². The summed E-state index contributed by atoms with van der Waals surface area (Å²) < 4.78 is 11.3. The highest BCUT2D eigenvalue weighted by Gasteiger charge is 2.27. The minimum atomic E-state index is -0.571. The molecule has 1 fully saturated rings. The molecule has 1 aliphatic heterocycles. The van der Waals surface area contributed by atoms with E-state index in [0.717, 1.165) is 18.4 Å². The lowest BCUT2D eigenvalue weighted by molar-refractivity contribution is -0.0170. The van der Waals surface area contributed by atoms with Gasteiger partial charge < -0.3 is 19.7 Å². The number of rotatable bonds is 5. The first kappa shape index (κ1) is 20.9. The highest BCUT2D eigenvalue weighted by molar-refractivity contribution is 5.88. The molecule has 9 nitrogen and oxygen atoms in total. The van der Waals surface area contributed by atoms with Gasteiger partial charge in [0, 0.05) is 18.8 Å². The normalized spacial score (nSPS) is 15.3. The van der Waals surface area contributed by atoms with Crippen LogP contribution in [0.4, 0.5) is 15.3 Å². The Bertz CT molecular complexity index is 622. The van der Waals surface area contributed by atoms with Gasteiger partial charge in [-0.25, -0.2) is 15.0 Å². The molecule has 1 aliphatic rings. The van der Waals surface area contributed by atoms with E-state index in [-0.39, 0.29) is 12.2 Å². The van der Waals surface area contributed by atoms with Crippen LogP contribution in [0.5, 0.6) is 0 Å². The maximum atomic E-state index is 12.1. The average molecular weight is 380 g/mol. The smallest absolute Gasteiger partial charge is 0.410 e. The van der Waals surface area contributed by atoms with Gasteiger partial charge in [-0.3, -0.25) is 5.21 Å². The van der Waals surface area contributed by atoms with E-state index in [1.807, 2.05) is 38.3 Å². The predicted molar refractivity (Wildman–Crippen MR) is 99.1 cm³/mol. The minimum Gasteiger partial charge on any atom is -0.444 e. The summed E-state index contributed by atoms with van der Waals surface area (Å²) in [6.07, 6.45) is 1.37. The topological polar surface area (TPSA) is 112 Å². The summed E-state index contributed by atoms with van der Waals surface area (Å²) in [7, 11) is 0. The zero-order chi connectivity index (χ0) is 19.9. The largest absolute Gasteiger partial charge is 0.444 e. The predicted octanol–water partition coefficient (Wildman–Crippen LogP) is 2.62. The molecule has 1 saturated heterocycles. The number of benzene rings is 1. The fourth-order valence-corrected chi connectivity index (χ4v) is 2.64. The number of likely N-dealkylation sites (tertiary alicyclic amines) is 1. The van der Waals surface area contributed by atoms with Crippen LogP contribution in [0, 0.1) is 0 Å². The molecule has 0 aliphatic carbocycles. The molecule has 150 valence electrons. The second-order valence-electron chi connectivity index (χ2n) is 7.37. The number of hydrogen-bond donors (Lipinski definition) is 4. The summed E-state index contributed by atoms with van der Waals surface area (Å²) >= 11 is 0. The van der Waals surface area contributed by atoms with Crippen LogP contribution in [0.2, 0.25) is 0 Å². The van der Waals surface area contributed by atoms with Gasteiger partial charge in [0.1, 0.15) is 5.60 Å². The highest BCUT2D eigenvalue weighted by Crippen LogP contribution is 2.19. The Hall–Kier alpha value is -2.36. The molecule has 0 spiro atoms. The average Bonchev–Trinajstić information content (AvgIpc) is 2.60. The monoisotopic (exact) mass is 380 g/mol. The third kappa shape index (κ3) is 7.41. The molecule has 0 aromatic heterocycles. The zero-order valence-electron chi connectivity index (χ0n) is 15.9. The number of urea groups is 1. The van der Waals surface area contributed by atoms with Crippen LogP contribution in [0.3, 0.4) is 0 Å². The summed E-state index contributed by atoms with van der Waals surface area (Å²) in [6, 6.07) is 6.65. The van der Waals surface area contributed by atoms with Crippen LogP contribution in [-0.2, 0) is 16.1 Å². The van der Waals surface area contributed by atoms with Crippen LogP contribution >= 0.6 is 0 Å². The molecule has 4 N–H and O–H groups in total. The van der Waals surface area contributed by atoms with E-state index in [2.05, 4.69) is 5.32 Å². The third-order valence-electron chi connectivity index (χ3n) is 3.96. The summed E-state index contributed by atoms with van der Waals surface area (Å²) in [5.41, 5.74) is 4.65. The van der Waals surface area contributed by atoms with Crippen molar-refractivity contribution in [3.8, 4) is 0 Å². The van der Waals surface area contributed by atoms with Crippen LogP contribution < -0.4 is 16.3 Å². The van der Waals surface area contributed by atoms with Gasteiger partial charge in [0.05, 0.1) is 12.7 Å².